The van der Waals surface area contributed by atoms with Crippen molar-refractivity contribution >= 4 is 34.2 Å². The van der Waals surface area contributed by atoms with E-state index in [1.807, 2.05) is 25.1 Å². The number of anilines is 1. The van der Waals surface area contributed by atoms with E-state index in [9.17, 15) is 9.59 Å². The lowest BCUT2D eigenvalue weighted by molar-refractivity contribution is -0.116. The molecule has 2 heterocycles. The average Bonchev–Trinajstić information content (AvgIpc) is 2.64. The first-order chi connectivity index (χ1) is 12.9. The van der Waals surface area contributed by atoms with E-state index >= 15 is 0 Å². The van der Waals surface area contributed by atoms with Gasteiger partial charge in [-0.1, -0.05) is 0 Å². The summed E-state index contributed by atoms with van der Waals surface area (Å²) in [6.07, 6.45) is 3.84. The van der Waals surface area contributed by atoms with Gasteiger partial charge in [0.15, 0.2) is 0 Å². The minimum Gasteiger partial charge on any atom is -0.326 e. The SMILES string of the molecule is Cc1cc(I)ccc1NC(=O)CCc1c(C)nc(-c2ccncc2)[nH]c1=O. The average molecular weight is 474 g/mol. The van der Waals surface area contributed by atoms with Gasteiger partial charge in [0.25, 0.3) is 5.56 Å². The lowest BCUT2D eigenvalue weighted by Crippen LogP contribution is -2.20. The molecule has 0 atom stereocenters. The topological polar surface area (TPSA) is 87.7 Å². The van der Waals surface area contributed by atoms with Gasteiger partial charge in [0.1, 0.15) is 5.82 Å². The van der Waals surface area contributed by atoms with Crippen molar-refractivity contribution < 1.29 is 4.79 Å². The second kappa shape index (κ2) is 8.43. The number of halogens is 1. The number of aromatic nitrogens is 3. The van der Waals surface area contributed by atoms with Crippen LogP contribution in [0, 0.1) is 17.4 Å². The highest BCUT2D eigenvalue weighted by Gasteiger charge is 2.12. The smallest absolute Gasteiger partial charge is 0.254 e. The largest absolute Gasteiger partial charge is 0.326 e. The molecule has 0 aliphatic rings. The fraction of sp³-hybridized carbons (Fsp3) is 0.200. The molecule has 1 amide bonds. The second-order valence-electron chi connectivity index (χ2n) is 6.22. The summed E-state index contributed by atoms with van der Waals surface area (Å²) in [5.74, 6) is 0.374. The fourth-order valence-corrected chi connectivity index (χ4v) is 3.42. The van der Waals surface area contributed by atoms with Gasteiger partial charge in [-0.15, -0.1) is 0 Å². The van der Waals surface area contributed by atoms with Crippen LogP contribution in [-0.2, 0) is 11.2 Å². The van der Waals surface area contributed by atoms with Crippen molar-refractivity contribution in [3.8, 4) is 11.4 Å². The highest BCUT2D eigenvalue weighted by molar-refractivity contribution is 14.1. The highest BCUT2D eigenvalue weighted by atomic mass is 127. The summed E-state index contributed by atoms with van der Waals surface area (Å²) in [5, 5.41) is 2.90. The van der Waals surface area contributed by atoms with Crippen LogP contribution in [-0.4, -0.2) is 20.9 Å². The summed E-state index contributed by atoms with van der Waals surface area (Å²) in [6.45, 7) is 3.74. The molecule has 0 bridgehead atoms. The number of hydrogen-bond donors (Lipinski definition) is 2. The zero-order valence-electron chi connectivity index (χ0n) is 15.0. The van der Waals surface area contributed by atoms with Crippen LogP contribution >= 0.6 is 22.6 Å². The van der Waals surface area contributed by atoms with E-state index in [2.05, 4.69) is 42.9 Å². The molecule has 0 spiro atoms. The lowest BCUT2D eigenvalue weighted by atomic mass is 10.1. The normalized spacial score (nSPS) is 10.6. The Morgan fingerprint density at radius 3 is 2.59 bits per heavy atom. The van der Waals surface area contributed by atoms with E-state index < -0.39 is 0 Å². The number of aryl methyl sites for hydroxylation is 2. The van der Waals surface area contributed by atoms with Gasteiger partial charge >= 0.3 is 0 Å². The molecule has 0 aliphatic carbocycles. The van der Waals surface area contributed by atoms with Crippen LogP contribution in [0.4, 0.5) is 5.69 Å². The number of carbonyl (C=O) groups excluding carboxylic acids is 1. The number of benzene rings is 1. The van der Waals surface area contributed by atoms with Crippen molar-refractivity contribution in [1.82, 2.24) is 15.0 Å². The van der Waals surface area contributed by atoms with Gasteiger partial charge in [-0.2, -0.15) is 0 Å². The molecule has 2 N–H and O–H groups in total. The Balaban J connectivity index is 1.70. The van der Waals surface area contributed by atoms with E-state index in [4.69, 9.17) is 0 Å². The van der Waals surface area contributed by atoms with Gasteiger partial charge in [-0.05, 0) is 78.8 Å². The quantitative estimate of drug-likeness (QED) is 0.553. The van der Waals surface area contributed by atoms with Crippen LogP contribution in [0.1, 0.15) is 23.2 Å². The van der Waals surface area contributed by atoms with E-state index in [1.165, 1.54) is 0 Å². The van der Waals surface area contributed by atoms with Crippen molar-refractivity contribution in [2.45, 2.75) is 26.7 Å². The minimum atomic E-state index is -0.215. The van der Waals surface area contributed by atoms with Gasteiger partial charge in [0, 0.05) is 44.9 Å². The van der Waals surface area contributed by atoms with Crippen LogP contribution in [0.5, 0.6) is 0 Å². The monoisotopic (exact) mass is 474 g/mol. The number of nitrogens with zero attached hydrogens (tertiary/aromatic N) is 2. The van der Waals surface area contributed by atoms with Crippen molar-refractivity contribution in [3.63, 3.8) is 0 Å². The van der Waals surface area contributed by atoms with Crippen LogP contribution < -0.4 is 10.9 Å². The number of aromatic amines is 1. The first-order valence-corrected chi connectivity index (χ1v) is 9.58. The summed E-state index contributed by atoms with van der Waals surface area (Å²) in [6, 6.07) is 9.41. The van der Waals surface area contributed by atoms with Crippen LogP contribution in [0.25, 0.3) is 11.4 Å². The van der Waals surface area contributed by atoms with Crippen molar-refractivity contribution in [2.24, 2.45) is 0 Å². The third-order valence-electron chi connectivity index (χ3n) is 4.24. The molecule has 0 fully saturated rings. The van der Waals surface area contributed by atoms with Crippen molar-refractivity contribution in [2.75, 3.05) is 5.32 Å². The summed E-state index contributed by atoms with van der Waals surface area (Å²) in [4.78, 5) is 36.0. The summed E-state index contributed by atoms with van der Waals surface area (Å²) >= 11 is 2.23. The van der Waals surface area contributed by atoms with Crippen molar-refractivity contribution in [3.05, 3.63) is 73.5 Å². The lowest BCUT2D eigenvalue weighted by Gasteiger charge is -2.10. The Morgan fingerprint density at radius 2 is 1.93 bits per heavy atom. The van der Waals surface area contributed by atoms with E-state index in [1.54, 1.807) is 31.5 Å². The number of rotatable bonds is 5. The Kier molecular flexibility index (Phi) is 6.00. The fourth-order valence-electron chi connectivity index (χ4n) is 2.77. The second-order valence-corrected chi connectivity index (χ2v) is 7.47. The predicted molar refractivity (Wildman–Crippen MR) is 114 cm³/mol. The van der Waals surface area contributed by atoms with Gasteiger partial charge in [0.2, 0.25) is 5.91 Å². The maximum atomic E-state index is 12.5. The molecule has 0 unspecified atom stereocenters. The molecule has 27 heavy (non-hydrogen) atoms. The molecule has 0 saturated carbocycles. The molecule has 6 nitrogen and oxygen atoms in total. The highest BCUT2D eigenvalue weighted by Crippen LogP contribution is 2.18. The number of nitrogens with one attached hydrogen (secondary N) is 2. The Hall–Kier alpha value is -2.55. The third-order valence-corrected chi connectivity index (χ3v) is 4.91. The van der Waals surface area contributed by atoms with Crippen LogP contribution in [0.15, 0.2) is 47.5 Å². The number of pyridine rings is 1. The zero-order valence-corrected chi connectivity index (χ0v) is 17.2. The van der Waals surface area contributed by atoms with Crippen LogP contribution in [0.2, 0.25) is 0 Å². The summed E-state index contributed by atoms with van der Waals surface area (Å²) < 4.78 is 1.12. The first-order valence-electron chi connectivity index (χ1n) is 8.50. The van der Waals surface area contributed by atoms with E-state index in [0.29, 0.717) is 23.5 Å². The standard InChI is InChI=1S/C20H19IN4O2/c1-12-11-15(21)3-5-17(12)24-18(26)6-4-16-13(2)23-19(25-20(16)27)14-7-9-22-10-8-14/h3,5,7-11H,4,6H2,1-2H3,(H,24,26)(H,23,25,27). The third kappa shape index (κ3) is 4.79. The summed E-state index contributed by atoms with van der Waals surface area (Å²) in [7, 11) is 0. The molecule has 0 saturated heterocycles. The Bertz CT molecular complexity index is 1030. The van der Waals surface area contributed by atoms with Gasteiger partial charge < -0.3 is 10.3 Å². The molecular weight excluding hydrogens is 455 g/mol. The van der Waals surface area contributed by atoms with Gasteiger partial charge in [-0.25, -0.2) is 4.98 Å². The van der Waals surface area contributed by atoms with Crippen molar-refractivity contribution in [1.29, 1.82) is 0 Å². The molecule has 0 aliphatic heterocycles. The molecular formula is C20H19IN4O2. The predicted octanol–water partition coefficient (Wildman–Crippen LogP) is 3.62. The minimum absolute atomic E-state index is 0.128. The Labute approximate surface area is 170 Å². The number of H-pyrrole nitrogens is 1. The molecule has 138 valence electrons. The zero-order chi connectivity index (χ0) is 19.4. The maximum Gasteiger partial charge on any atom is 0.254 e. The maximum absolute atomic E-state index is 12.5. The van der Waals surface area contributed by atoms with Gasteiger partial charge in [0.05, 0.1) is 0 Å². The van der Waals surface area contributed by atoms with Crippen LogP contribution in [0.3, 0.4) is 0 Å². The van der Waals surface area contributed by atoms with E-state index in [0.717, 1.165) is 20.4 Å². The Morgan fingerprint density at radius 1 is 1.19 bits per heavy atom. The van der Waals surface area contributed by atoms with E-state index in [-0.39, 0.29) is 17.9 Å². The molecule has 1 aromatic carbocycles. The first kappa shape index (κ1) is 19.2. The summed E-state index contributed by atoms with van der Waals surface area (Å²) in [5.41, 5.74) is 3.53. The molecule has 0 radical (unpaired) electrons. The molecule has 3 aromatic rings. The number of amides is 1. The number of hydrogen-bond acceptors (Lipinski definition) is 4. The molecule has 7 heteroatoms. The number of carbonyl (C=O) groups is 1. The van der Waals surface area contributed by atoms with Gasteiger partial charge in [-0.3, -0.25) is 14.6 Å². The molecule has 2 aromatic heterocycles. The molecule has 3 rings (SSSR count).